The van der Waals surface area contributed by atoms with Crippen LogP contribution in [0.3, 0.4) is 0 Å². The first kappa shape index (κ1) is 18.0. The predicted octanol–water partition coefficient (Wildman–Crippen LogP) is 6.13. The molecule has 0 aliphatic carbocycles. The standard InChI is InChI=1S/C24H14F2N2O2/c25-18-4-2-1-3-16(18)17-6-5-15(13-19(17)26)28-24(29)23-21-8-7-20(30-21)22(23)14-9-11-27-12-10-14/h1-13H,(H,28,29). The zero-order valence-corrected chi connectivity index (χ0v) is 15.5. The van der Waals surface area contributed by atoms with Gasteiger partial charge in [0, 0.05) is 34.8 Å². The van der Waals surface area contributed by atoms with E-state index in [1.807, 2.05) is 0 Å². The Kier molecular flexibility index (Phi) is 4.25. The van der Waals surface area contributed by atoms with Gasteiger partial charge < -0.3 is 9.73 Å². The maximum absolute atomic E-state index is 14.7. The van der Waals surface area contributed by atoms with Crippen molar-refractivity contribution < 1.29 is 18.0 Å². The topological polar surface area (TPSA) is 55.1 Å². The fourth-order valence-corrected chi connectivity index (χ4v) is 3.57. The summed E-state index contributed by atoms with van der Waals surface area (Å²) in [6.07, 6.45) is 3.27. The van der Waals surface area contributed by atoms with Crippen LogP contribution in [0.15, 0.2) is 83.5 Å². The Morgan fingerprint density at radius 3 is 2.33 bits per heavy atom. The lowest BCUT2D eigenvalue weighted by Crippen LogP contribution is -2.13. The number of nitrogens with zero attached hydrogens (tertiary/aromatic N) is 1. The number of carbonyl (C=O) groups excluding carboxylic acids is 1. The molecule has 6 heteroatoms. The molecular formula is C24H14F2N2O2. The van der Waals surface area contributed by atoms with Gasteiger partial charge >= 0.3 is 0 Å². The molecule has 0 fully saturated rings. The largest absolute Gasteiger partial charge is 0.456 e. The highest BCUT2D eigenvalue weighted by Crippen LogP contribution is 2.37. The molecule has 0 saturated heterocycles. The van der Waals surface area contributed by atoms with Crippen LogP contribution in [0.2, 0.25) is 0 Å². The summed E-state index contributed by atoms with van der Waals surface area (Å²) < 4.78 is 34.3. The van der Waals surface area contributed by atoms with Gasteiger partial charge in [-0.05, 0) is 54.1 Å². The molecule has 2 aromatic carbocycles. The Hall–Kier alpha value is -4.06. The third-order valence-corrected chi connectivity index (χ3v) is 4.94. The van der Waals surface area contributed by atoms with Gasteiger partial charge in [0.05, 0.1) is 5.56 Å². The smallest absolute Gasteiger partial charge is 0.260 e. The van der Waals surface area contributed by atoms with Gasteiger partial charge in [-0.3, -0.25) is 9.78 Å². The second kappa shape index (κ2) is 7.08. The van der Waals surface area contributed by atoms with E-state index in [1.54, 1.807) is 48.8 Å². The molecule has 0 atom stereocenters. The van der Waals surface area contributed by atoms with Crippen molar-refractivity contribution in [1.82, 2.24) is 4.98 Å². The average Bonchev–Trinajstić information content (AvgIpc) is 3.37. The number of halogens is 2. The summed E-state index contributed by atoms with van der Waals surface area (Å²) >= 11 is 0. The SMILES string of the molecule is O=C(Nc1ccc(-c2ccccc2F)c(F)c1)c1c(-c2ccncc2)c2ccc1o2. The number of benzene rings is 3. The summed E-state index contributed by atoms with van der Waals surface area (Å²) in [6.45, 7) is 0. The molecule has 0 unspecified atom stereocenters. The van der Waals surface area contributed by atoms with E-state index in [1.165, 1.54) is 30.3 Å². The van der Waals surface area contributed by atoms with Crippen molar-refractivity contribution in [3.63, 3.8) is 0 Å². The number of nitrogens with one attached hydrogen (secondary N) is 1. The van der Waals surface area contributed by atoms with Crippen LogP contribution >= 0.6 is 0 Å². The molecule has 0 spiro atoms. The lowest BCUT2D eigenvalue weighted by Gasteiger charge is -2.10. The number of hydrogen-bond donors (Lipinski definition) is 1. The predicted molar refractivity (Wildman–Crippen MR) is 110 cm³/mol. The molecule has 0 radical (unpaired) electrons. The van der Waals surface area contributed by atoms with Crippen LogP contribution in [0.5, 0.6) is 0 Å². The summed E-state index contributed by atoms with van der Waals surface area (Å²) in [4.78, 5) is 17.0. The van der Waals surface area contributed by atoms with Crippen LogP contribution in [-0.4, -0.2) is 10.9 Å². The zero-order valence-electron chi connectivity index (χ0n) is 15.5. The molecule has 4 nitrogen and oxygen atoms in total. The van der Waals surface area contributed by atoms with E-state index >= 15 is 0 Å². The lowest BCUT2D eigenvalue weighted by atomic mass is 10.00. The molecule has 3 heterocycles. The Balaban J connectivity index is 1.48. The number of hydrogen-bond acceptors (Lipinski definition) is 3. The second-order valence-electron chi connectivity index (χ2n) is 6.78. The Labute approximate surface area is 170 Å². The quantitative estimate of drug-likeness (QED) is 0.395. The molecule has 0 aliphatic rings. The fraction of sp³-hybridized carbons (Fsp3) is 0. The van der Waals surface area contributed by atoms with Crippen molar-refractivity contribution >= 4 is 22.8 Å². The van der Waals surface area contributed by atoms with E-state index < -0.39 is 17.5 Å². The average molecular weight is 400 g/mol. The molecule has 3 aromatic heterocycles. The minimum Gasteiger partial charge on any atom is -0.456 e. The first-order valence-electron chi connectivity index (χ1n) is 9.23. The Morgan fingerprint density at radius 2 is 1.57 bits per heavy atom. The summed E-state index contributed by atoms with van der Waals surface area (Å²) in [5.41, 5.74) is 3.41. The van der Waals surface area contributed by atoms with E-state index in [-0.39, 0.29) is 16.8 Å². The first-order valence-corrected chi connectivity index (χ1v) is 9.23. The fourth-order valence-electron chi connectivity index (χ4n) is 3.57. The van der Waals surface area contributed by atoms with Crippen molar-refractivity contribution in [2.24, 2.45) is 0 Å². The number of furan rings is 2. The zero-order chi connectivity index (χ0) is 20.7. The third-order valence-electron chi connectivity index (χ3n) is 4.94. The van der Waals surface area contributed by atoms with E-state index in [0.29, 0.717) is 22.3 Å². The van der Waals surface area contributed by atoms with Gasteiger partial charge in [-0.15, -0.1) is 0 Å². The number of amides is 1. The van der Waals surface area contributed by atoms with Gasteiger partial charge in [0.1, 0.15) is 22.8 Å². The van der Waals surface area contributed by atoms with Gasteiger partial charge in [0.15, 0.2) is 0 Å². The minimum atomic E-state index is -0.632. The summed E-state index contributed by atoms with van der Waals surface area (Å²) in [5, 5.41) is 2.71. The number of rotatable bonds is 4. The Morgan fingerprint density at radius 1 is 0.833 bits per heavy atom. The van der Waals surface area contributed by atoms with Gasteiger partial charge in [0.25, 0.3) is 5.91 Å². The minimum absolute atomic E-state index is 0.124. The van der Waals surface area contributed by atoms with E-state index in [9.17, 15) is 13.6 Å². The lowest BCUT2D eigenvalue weighted by molar-refractivity contribution is 0.102. The van der Waals surface area contributed by atoms with Crippen molar-refractivity contribution in [2.45, 2.75) is 0 Å². The highest BCUT2D eigenvalue weighted by atomic mass is 19.1. The molecule has 0 saturated carbocycles. The monoisotopic (exact) mass is 400 g/mol. The summed E-state index contributed by atoms with van der Waals surface area (Å²) in [5.74, 6) is -1.57. The summed E-state index contributed by atoms with van der Waals surface area (Å²) in [6, 6.07) is 17.2. The molecular weight excluding hydrogens is 386 g/mol. The van der Waals surface area contributed by atoms with Crippen molar-refractivity contribution in [1.29, 1.82) is 0 Å². The van der Waals surface area contributed by atoms with Crippen LogP contribution in [0, 0.1) is 11.6 Å². The third kappa shape index (κ3) is 2.99. The first-order chi connectivity index (χ1) is 14.6. The maximum Gasteiger partial charge on any atom is 0.260 e. The highest BCUT2D eigenvalue weighted by molar-refractivity contribution is 6.16. The van der Waals surface area contributed by atoms with Gasteiger partial charge in [-0.25, -0.2) is 8.78 Å². The van der Waals surface area contributed by atoms with Gasteiger partial charge in [0.2, 0.25) is 0 Å². The number of pyridine rings is 1. The van der Waals surface area contributed by atoms with Crippen LogP contribution in [0.4, 0.5) is 14.5 Å². The normalized spacial score (nSPS) is 11.1. The maximum atomic E-state index is 14.7. The number of anilines is 1. The molecule has 0 aliphatic heterocycles. The Bertz CT molecular complexity index is 1360. The number of fused-ring (bicyclic) bond motifs is 2. The molecule has 146 valence electrons. The van der Waals surface area contributed by atoms with Crippen LogP contribution in [-0.2, 0) is 0 Å². The van der Waals surface area contributed by atoms with Crippen molar-refractivity contribution in [3.8, 4) is 22.3 Å². The molecule has 5 aromatic rings. The van der Waals surface area contributed by atoms with Crippen LogP contribution in [0.1, 0.15) is 10.4 Å². The second-order valence-corrected chi connectivity index (χ2v) is 6.78. The highest BCUT2D eigenvalue weighted by Gasteiger charge is 2.24. The van der Waals surface area contributed by atoms with E-state index in [0.717, 1.165) is 5.56 Å². The number of carbonyl (C=O) groups is 1. The van der Waals surface area contributed by atoms with Crippen LogP contribution < -0.4 is 5.32 Å². The van der Waals surface area contributed by atoms with Crippen LogP contribution in [0.25, 0.3) is 33.4 Å². The van der Waals surface area contributed by atoms with Crippen molar-refractivity contribution in [2.75, 3.05) is 5.32 Å². The molecule has 2 bridgehead atoms. The van der Waals surface area contributed by atoms with Gasteiger partial charge in [-0.1, -0.05) is 18.2 Å². The molecule has 5 rings (SSSR count). The summed E-state index contributed by atoms with van der Waals surface area (Å²) in [7, 11) is 0. The number of aromatic nitrogens is 1. The molecule has 1 amide bonds. The molecule has 1 N–H and O–H groups in total. The van der Waals surface area contributed by atoms with Crippen molar-refractivity contribution in [3.05, 3.63) is 96.3 Å². The van der Waals surface area contributed by atoms with E-state index in [2.05, 4.69) is 10.3 Å². The molecule has 30 heavy (non-hydrogen) atoms. The van der Waals surface area contributed by atoms with E-state index in [4.69, 9.17) is 4.42 Å². The van der Waals surface area contributed by atoms with Gasteiger partial charge in [-0.2, -0.15) is 0 Å².